The number of hydrogen-bond acceptors (Lipinski definition) is 4. The van der Waals surface area contributed by atoms with Gasteiger partial charge in [0.1, 0.15) is 5.75 Å². The predicted molar refractivity (Wildman–Crippen MR) is 138 cm³/mol. The summed E-state index contributed by atoms with van der Waals surface area (Å²) in [5.41, 5.74) is 2.08. The first kappa shape index (κ1) is 26.8. The quantitative estimate of drug-likeness (QED) is 0.110. The van der Waals surface area contributed by atoms with Crippen molar-refractivity contribution in [1.29, 1.82) is 0 Å². The molecule has 0 bridgehead atoms. The van der Waals surface area contributed by atoms with E-state index in [2.05, 4.69) is 6.92 Å². The molecule has 0 aliphatic carbocycles. The van der Waals surface area contributed by atoms with Crippen molar-refractivity contribution in [3.8, 4) is 5.75 Å². The lowest BCUT2D eigenvalue weighted by molar-refractivity contribution is 0.0642. The molecule has 0 amide bonds. The Balaban J connectivity index is 1.74. The Kier molecular flexibility index (Phi) is 13.1. The smallest absolute Gasteiger partial charge is 0.410 e. The molecule has 2 aromatic carbocycles. The number of aryl methyl sites for hydroxylation is 1. The highest BCUT2D eigenvalue weighted by Crippen LogP contribution is 2.23. The minimum atomic E-state index is -0.660. The molecule has 4 heteroatoms. The zero-order chi connectivity index (χ0) is 23.7. The van der Waals surface area contributed by atoms with Gasteiger partial charge in [0.05, 0.1) is 0 Å². The van der Waals surface area contributed by atoms with Crippen LogP contribution in [0.3, 0.4) is 0 Å². The van der Waals surface area contributed by atoms with Crippen molar-refractivity contribution in [2.75, 3.05) is 11.4 Å². The second kappa shape index (κ2) is 16.2. The molecule has 2 aromatic rings. The first-order valence-electron chi connectivity index (χ1n) is 12.9. The summed E-state index contributed by atoms with van der Waals surface area (Å²) in [6.07, 6.45) is 12.9. The van der Waals surface area contributed by atoms with E-state index in [0.717, 1.165) is 30.6 Å². The number of hydrogen-bond donors (Lipinski definition) is 0. The topological polar surface area (TPSA) is 38.8 Å². The van der Waals surface area contributed by atoms with Gasteiger partial charge >= 0.3 is 6.16 Å². The maximum atomic E-state index is 12.5. The van der Waals surface area contributed by atoms with E-state index in [1.54, 1.807) is 0 Å². The summed E-state index contributed by atoms with van der Waals surface area (Å²) in [6, 6.07) is 17.8. The molecule has 0 fully saturated rings. The number of carbonyl (C=O) groups excluding carboxylic acids is 1. The van der Waals surface area contributed by atoms with Crippen LogP contribution in [0.25, 0.3) is 0 Å². The van der Waals surface area contributed by atoms with Gasteiger partial charge in [-0.2, -0.15) is 0 Å². The van der Waals surface area contributed by atoms with E-state index in [-0.39, 0.29) is 0 Å². The fraction of sp³-hybridized carbons (Fsp3) is 0.552. The molecular weight excluding hydrogens is 410 g/mol. The Morgan fingerprint density at radius 3 is 2.00 bits per heavy atom. The van der Waals surface area contributed by atoms with E-state index >= 15 is 0 Å². The third-order valence-corrected chi connectivity index (χ3v) is 6.10. The number of ether oxygens (including phenoxy) is 2. The summed E-state index contributed by atoms with van der Waals surface area (Å²) in [7, 11) is 0. The zero-order valence-corrected chi connectivity index (χ0v) is 20.9. The van der Waals surface area contributed by atoms with Crippen molar-refractivity contribution >= 4 is 11.8 Å². The summed E-state index contributed by atoms with van der Waals surface area (Å²) < 4.78 is 11.2. The van der Waals surface area contributed by atoms with Crippen molar-refractivity contribution in [1.82, 2.24) is 0 Å². The van der Waals surface area contributed by atoms with Gasteiger partial charge in [0.25, 0.3) is 0 Å². The van der Waals surface area contributed by atoms with Gasteiger partial charge in [-0.1, -0.05) is 101 Å². The van der Waals surface area contributed by atoms with Crippen LogP contribution in [0.15, 0.2) is 54.6 Å². The van der Waals surface area contributed by atoms with E-state index < -0.39 is 12.4 Å². The summed E-state index contributed by atoms with van der Waals surface area (Å²) in [5, 5.41) is 0. The number of rotatable bonds is 16. The van der Waals surface area contributed by atoms with E-state index in [4.69, 9.17) is 9.47 Å². The van der Waals surface area contributed by atoms with Crippen molar-refractivity contribution in [2.24, 2.45) is 0 Å². The Hall–Kier alpha value is -2.49. The normalized spacial score (nSPS) is 11.7. The molecule has 0 radical (unpaired) electrons. The molecule has 0 saturated carbocycles. The fourth-order valence-corrected chi connectivity index (χ4v) is 4.20. The highest BCUT2D eigenvalue weighted by Gasteiger charge is 2.19. The molecule has 1 atom stereocenters. The van der Waals surface area contributed by atoms with E-state index in [1.807, 2.05) is 73.3 Å². The number of carbonyl (C=O) groups is 1. The van der Waals surface area contributed by atoms with Crippen LogP contribution in [0.2, 0.25) is 0 Å². The molecule has 0 heterocycles. The summed E-state index contributed by atoms with van der Waals surface area (Å²) in [6.45, 7) is 6.90. The van der Waals surface area contributed by atoms with Crippen molar-refractivity contribution in [3.63, 3.8) is 0 Å². The first-order chi connectivity index (χ1) is 16.2. The van der Waals surface area contributed by atoms with Crippen LogP contribution in [0, 0.1) is 0 Å². The Morgan fingerprint density at radius 1 is 0.788 bits per heavy atom. The van der Waals surface area contributed by atoms with Crippen molar-refractivity contribution in [2.45, 2.75) is 97.6 Å². The molecule has 33 heavy (non-hydrogen) atoms. The lowest BCUT2D eigenvalue weighted by Gasteiger charge is -2.29. The minimum Gasteiger partial charge on any atom is -0.410 e. The third-order valence-electron chi connectivity index (χ3n) is 6.10. The van der Waals surface area contributed by atoms with Gasteiger partial charge in [0.2, 0.25) is 0 Å². The summed E-state index contributed by atoms with van der Waals surface area (Å²) in [5.74, 6) is 0.605. The van der Waals surface area contributed by atoms with Crippen LogP contribution in [0.5, 0.6) is 5.75 Å². The van der Waals surface area contributed by atoms with Gasteiger partial charge in [0.15, 0.2) is 6.23 Å². The van der Waals surface area contributed by atoms with Gasteiger partial charge in [-0.05, 0) is 50.5 Å². The SMILES string of the molecule is CCCCCCCCCCCCc1ccccc1OC(=O)OC(C)N(CC)c1ccccc1. The van der Waals surface area contributed by atoms with Gasteiger partial charge in [-0.3, -0.25) is 0 Å². The van der Waals surface area contributed by atoms with Crippen molar-refractivity contribution in [3.05, 3.63) is 60.2 Å². The fourth-order valence-electron chi connectivity index (χ4n) is 4.20. The second-order valence-corrected chi connectivity index (χ2v) is 8.73. The number of anilines is 1. The minimum absolute atomic E-state index is 0.418. The van der Waals surface area contributed by atoms with Crippen LogP contribution < -0.4 is 9.64 Å². The molecule has 0 aliphatic heterocycles. The average molecular weight is 454 g/mol. The molecule has 0 saturated heterocycles. The van der Waals surface area contributed by atoms with Crippen molar-refractivity contribution < 1.29 is 14.3 Å². The standard InChI is InChI=1S/C29H43NO3/c1-4-6-7-8-9-10-11-12-13-15-20-26-21-18-19-24-28(26)33-29(31)32-25(3)30(5-2)27-22-16-14-17-23-27/h14,16-19,21-25H,4-13,15,20H2,1-3H3. The number of unbranched alkanes of at least 4 members (excludes halogenated alkanes) is 9. The largest absolute Gasteiger partial charge is 0.515 e. The average Bonchev–Trinajstić information content (AvgIpc) is 2.82. The maximum absolute atomic E-state index is 12.5. The molecule has 0 N–H and O–H groups in total. The highest BCUT2D eigenvalue weighted by atomic mass is 16.7. The Bertz CT molecular complexity index is 777. The Labute approximate surface area is 201 Å². The summed E-state index contributed by atoms with van der Waals surface area (Å²) in [4.78, 5) is 14.5. The van der Waals surface area contributed by atoms with Crippen LogP contribution in [0.4, 0.5) is 10.5 Å². The molecule has 2 rings (SSSR count). The molecule has 1 unspecified atom stereocenters. The maximum Gasteiger partial charge on any atom is 0.515 e. The van der Waals surface area contributed by atoms with Gasteiger partial charge in [0, 0.05) is 12.2 Å². The predicted octanol–water partition coefficient (Wildman–Crippen LogP) is 8.54. The third kappa shape index (κ3) is 10.3. The molecule has 0 aromatic heterocycles. The van der Waals surface area contributed by atoms with Crippen LogP contribution in [-0.2, 0) is 11.2 Å². The first-order valence-corrected chi connectivity index (χ1v) is 12.9. The lowest BCUT2D eigenvalue weighted by atomic mass is 10.0. The molecule has 0 spiro atoms. The molecule has 4 nitrogen and oxygen atoms in total. The number of benzene rings is 2. The Morgan fingerprint density at radius 2 is 1.36 bits per heavy atom. The second-order valence-electron chi connectivity index (χ2n) is 8.73. The molecule has 182 valence electrons. The molecular formula is C29H43NO3. The lowest BCUT2D eigenvalue weighted by Crippen LogP contribution is -2.37. The van der Waals surface area contributed by atoms with Gasteiger partial charge in [-0.25, -0.2) is 4.79 Å². The zero-order valence-electron chi connectivity index (χ0n) is 20.9. The number of nitrogens with zero attached hydrogens (tertiary/aromatic N) is 1. The van der Waals surface area contributed by atoms with E-state index in [1.165, 1.54) is 57.8 Å². The van der Waals surface area contributed by atoms with Gasteiger partial charge < -0.3 is 14.4 Å². The number of para-hydroxylation sites is 2. The van der Waals surface area contributed by atoms with E-state index in [9.17, 15) is 4.79 Å². The van der Waals surface area contributed by atoms with Crippen LogP contribution in [0.1, 0.15) is 90.5 Å². The van der Waals surface area contributed by atoms with E-state index in [0.29, 0.717) is 5.75 Å². The molecule has 0 aliphatic rings. The van der Waals surface area contributed by atoms with Gasteiger partial charge in [-0.15, -0.1) is 0 Å². The highest BCUT2D eigenvalue weighted by molar-refractivity contribution is 5.65. The van der Waals surface area contributed by atoms with Crippen LogP contribution >= 0.6 is 0 Å². The monoisotopic (exact) mass is 453 g/mol. The van der Waals surface area contributed by atoms with Crippen LogP contribution in [-0.4, -0.2) is 18.9 Å². The summed E-state index contributed by atoms with van der Waals surface area (Å²) >= 11 is 0.